The molecule has 0 amide bonds. The van der Waals surface area contributed by atoms with Crippen molar-refractivity contribution in [1.82, 2.24) is 0 Å². The van der Waals surface area contributed by atoms with Crippen molar-refractivity contribution in [2.45, 2.75) is 90.4 Å². The van der Waals surface area contributed by atoms with Gasteiger partial charge in [-0.3, -0.25) is 0 Å². The molecule has 0 aromatic heterocycles. The average molecular weight is 527 g/mol. The number of fused-ring (bicyclic) bond motifs is 3. The molecule has 1 saturated carbocycles. The van der Waals surface area contributed by atoms with Crippen LogP contribution < -0.4 is 0 Å². The van der Waals surface area contributed by atoms with Crippen LogP contribution in [0.25, 0.3) is 22.3 Å². The molecular weight excluding hydrogens is 491 g/mol. The zero-order valence-corrected chi connectivity index (χ0v) is 22.2. The highest BCUT2D eigenvalue weighted by atomic mass is 19.2. The Balaban J connectivity index is 1.41. The lowest BCUT2D eigenvalue weighted by Crippen LogP contribution is -2.13. The van der Waals surface area contributed by atoms with Crippen LogP contribution in [0.3, 0.4) is 0 Å². The standard InChI is InChI=1S/C33H35F5/c1-3-5-6-8-19-9-11-20(12-10-19)21-13-14-25(27(34)18-21)26-17-24-16-23-15-22(7-4-2)30(35)32(37)28(23)29(24)33(38)31(26)36/h13-15,17-20H,3-12,16H2,1-2H3. The molecule has 0 aliphatic heterocycles. The van der Waals surface area contributed by atoms with E-state index in [1.165, 1.54) is 43.9 Å². The Morgan fingerprint density at radius 2 is 1.37 bits per heavy atom. The van der Waals surface area contributed by atoms with E-state index in [2.05, 4.69) is 6.92 Å². The molecule has 1 fully saturated rings. The number of aryl methyl sites for hydroxylation is 1. The van der Waals surface area contributed by atoms with Gasteiger partial charge in [-0.1, -0.05) is 64.2 Å². The maximum absolute atomic E-state index is 15.4. The first-order chi connectivity index (χ1) is 18.3. The Hall–Kier alpha value is -2.69. The van der Waals surface area contributed by atoms with Gasteiger partial charge in [-0.2, -0.15) is 0 Å². The highest BCUT2D eigenvalue weighted by molar-refractivity contribution is 5.82. The summed E-state index contributed by atoms with van der Waals surface area (Å²) < 4.78 is 75.6. The highest BCUT2D eigenvalue weighted by Crippen LogP contribution is 2.46. The summed E-state index contributed by atoms with van der Waals surface area (Å²) in [4.78, 5) is 0. The lowest BCUT2D eigenvalue weighted by Gasteiger charge is -2.29. The first-order valence-corrected chi connectivity index (χ1v) is 14.1. The summed E-state index contributed by atoms with van der Waals surface area (Å²) in [6.45, 7) is 4.07. The molecule has 2 aliphatic rings. The minimum atomic E-state index is -1.26. The van der Waals surface area contributed by atoms with Crippen LogP contribution in [0.2, 0.25) is 0 Å². The van der Waals surface area contributed by atoms with E-state index in [1.807, 2.05) is 13.0 Å². The van der Waals surface area contributed by atoms with Gasteiger partial charge in [-0.05, 0) is 84.7 Å². The van der Waals surface area contributed by atoms with Gasteiger partial charge < -0.3 is 0 Å². The van der Waals surface area contributed by atoms with Crippen molar-refractivity contribution in [1.29, 1.82) is 0 Å². The van der Waals surface area contributed by atoms with Crippen molar-refractivity contribution in [2.75, 3.05) is 0 Å². The van der Waals surface area contributed by atoms with Crippen LogP contribution in [0.15, 0.2) is 30.3 Å². The number of unbranched alkanes of at least 4 members (excludes halogenated alkanes) is 2. The van der Waals surface area contributed by atoms with Gasteiger partial charge >= 0.3 is 0 Å². The summed E-state index contributed by atoms with van der Waals surface area (Å²) in [5, 5.41) is 0. The van der Waals surface area contributed by atoms with Gasteiger partial charge in [-0.25, -0.2) is 22.0 Å². The second-order valence-corrected chi connectivity index (χ2v) is 11.2. The maximum Gasteiger partial charge on any atom is 0.167 e. The van der Waals surface area contributed by atoms with Crippen LogP contribution >= 0.6 is 0 Å². The first-order valence-electron chi connectivity index (χ1n) is 14.1. The number of benzene rings is 3. The Morgan fingerprint density at radius 3 is 2.03 bits per heavy atom. The quantitative estimate of drug-likeness (QED) is 0.158. The van der Waals surface area contributed by atoms with E-state index >= 15 is 13.2 Å². The Morgan fingerprint density at radius 1 is 0.684 bits per heavy atom. The molecule has 3 aromatic rings. The molecule has 0 saturated heterocycles. The van der Waals surface area contributed by atoms with Gasteiger partial charge in [0.1, 0.15) is 5.82 Å². The summed E-state index contributed by atoms with van der Waals surface area (Å²) in [5.41, 5.74) is 1.21. The van der Waals surface area contributed by atoms with Gasteiger partial charge in [0.15, 0.2) is 23.3 Å². The number of halogens is 5. The fourth-order valence-corrected chi connectivity index (χ4v) is 6.56. The van der Waals surface area contributed by atoms with E-state index in [4.69, 9.17) is 0 Å². The predicted molar refractivity (Wildman–Crippen MR) is 143 cm³/mol. The molecule has 202 valence electrons. The van der Waals surface area contributed by atoms with E-state index in [0.717, 1.165) is 37.2 Å². The summed E-state index contributed by atoms with van der Waals surface area (Å²) in [5.74, 6) is -4.25. The van der Waals surface area contributed by atoms with Crippen LogP contribution in [-0.2, 0) is 12.8 Å². The first kappa shape index (κ1) is 26.9. The minimum Gasteiger partial charge on any atom is -0.206 e. The molecule has 5 rings (SSSR count). The second kappa shape index (κ2) is 11.2. The van der Waals surface area contributed by atoms with Crippen molar-refractivity contribution in [3.63, 3.8) is 0 Å². The van der Waals surface area contributed by atoms with Crippen molar-refractivity contribution >= 4 is 0 Å². The highest BCUT2D eigenvalue weighted by Gasteiger charge is 2.32. The Labute approximate surface area is 222 Å². The monoisotopic (exact) mass is 526 g/mol. The third-order valence-electron chi connectivity index (χ3n) is 8.62. The molecule has 5 heteroatoms. The fourth-order valence-electron chi connectivity index (χ4n) is 6.56. The van der Waals surface area contributed by atoms with Crippen LogP contribution in [0.5, 0.6) is 0 Å². The molecule has 0 atom stereocenters. The molecule has 0 radical (unpaired) electrons. The molecule has 3 aromatic carbocycles. The van der Waals surface area contributed by atoms with E-state index in [1.54, 1.807) is 6.07 Å². The molecule has 0 spiro atoms. The van der Waals surface area contributed by atoms with Gasteiger partial charge in [0, 0.05) is 22.3 Å². The SMILES string of the molecule is CCCCCC1CCC(c2ccc(-c3cc4c(c(F)c3F)-c3c(cc(CCC)c(F)c3F)C4)c(F)c2)CC1. The lowest BCUT2D eigenvalue weighted by molar-refractivity contribution is 0.302. The molecule has 0 bridgehead atoms. The number of rotatable bonds is 8. The summed E-state index contributed by atoms with van der Waals surface area (Å²) in [6, 6.07) is 7.75. The van der Waals surface area contributed by atoms with Crippen molar-refractivity contribution in [3.8, 4) is 22.3 Å². The molecular formula is C33H35F5. The maximum atomic E-state index is 15.4. The van der Waals surface area contributed by atoms with Crippen LogP contribution in [0.1, 0.15) is 99.8 Å². The topological polar surface area (TPSA) is 0 Å². The molecule has 0 N–H and O–H groups in total. The molecule has 0 heterocycles. The zero-order chi connectivity index (χ0) is 27.0. The average Bonchev–Trinajstić information content (AvgIpc) is 3.28. The number of hydrogen-bond donors (Lipinski definition) is 0. The molecule has 0 nitrogen and oxygen atoms in total. The third kappa shape index (κ3) is 4.89. The van der Waals surface area contributed by atoms with Gasteiger partial charge in [0.05, 0.1) is 0 Å². The third-order valence-corrected chi connectivity index (χ3v) is 8.62. The van der Waals surface area contributed by atoms with Crippen LogP contribution in [-0.4, -0.2) is 0 Å². The summed E-state index contributed by atoms with van der Waals surface area (Å²) in [7, 11) is 0. The van der Waals surface area contributed by atoms with Crippen molar-refractivity contribution < 1.29 is 22.0 Å². The predicted octanol–water partition coefficient (Wildman–Crippen LogP) is 10.4. The largest absolute Gasteiger partial charge is 0.206 e. The normalized spacial score (nSPS) is 18.5. The van der Waals surface area contributed by atoms with E-state index < -0.39 is 29.1 Å². The molecule has 2 aliphatic carbocycles. The van der Waals surface area contributed by atoms with Gasteiger partial charge in [-0.15, -0.1) is 0 Å². The fraction of sp³-hybridized carbons (Fsp3) is 0.455. The van der Waals surface area contributed by atoms with E-state index in [0.29, 0.717) is 24.0 Å². The van der Waals surface area contributed by atoms with Crippen molar-refractivity contribution in [2.24, 2.45) is 5.92 Å². The lowest BCUT2D eigenvalue weighted by atomic mass is 9.77. The zero-order valence-electron chi connectivity index (χ0n) is 22.2. The van der Waals surface area contributed by atoms with Gasteiger partial charge in [0.25, 0.3) is 0 Å². The van der Waals surface area contributed by atoms with Gasteiger partial charge in [0.2, 0.25) is 0 Å². The Bertz CT molecular complexity index is 1330. The summed E-state index contributed by atoms with van der Waals surface area (Å²) in [6.07, 6.45) is 10.4. The van der Waals surface area contributed by atoms with E-state index in [-0.39, 0.29) is 40.2 Å². The van der Waals surface area contributed by atoms with Crippen molar-refractivity contribution in [3.05, 3.63) is 81.7 Å². The van der Waals surface area contributed by atoms with Crippen LogP contribution in [0.4, 0.5) is 22.0 Å². The minimum absolute atomic E-state index is 0.0181. The van der Waals surface area contributed by atoms with Crippen LogP contribution in [0, 0.1) is 35.0 Å². The molecule has 0 unspecified atom stereocenters. The molecule has 38 heavy (non-hydrogen) atoms. The number of hydrogen-bond acceptors (Lipinski definition) is 0. The summed E-state index contributed by atoms with van der Waals surface area (Å²) >= 11 is 0. The Kier molecular flexibility index (Phi) is 7.93. The smallest absolute Gasteiger partial charge is 0.167 e. The second-order valence-electron chi connectivity index (χ2n) is 11.2. The van der Waals surface area contributed by atoms with E-state index in [9.17, 15) is 8.78 Å².